The molecule has 0 bridgehead atoms. The zero-order chi connectivity index (χ0) is 22.8. The molecule has 1 saturated heterocycles. The molecule has 0 aromatic heterocycles. The smallest absolute Gasteiger partial charge is 0.305 e. The van der Waals surface area contributed by atoms with E-state index in [0.717, 1.165) is 27.7 Å². The van der Waals surface area contributed by atoms with Crippen molar-refractivity contribution in [2.24, 2.45) is 5.11 Å². The van der Waals surface area contributed by atoms with Gasteiger partial charge in [0.05, 0.1) is 0 Å². The molecular formula is C16H22N4O10. The van der Waals surface area contributed by atoms with Crippen LogP contribution in [0.4, 0.5) is 0 Å². The highest BCUT2D eigenvalue weighted by molar-refractivity contribution is 5.79. The zero-order valence-electron chi connectivity index (χ0n) is 16.7. The van der Waals surface area contributed by atoms with Crippen LogP contribution in [0.15, 0.2) is 5.11 Å². The van der Waals surface area contributed by atoms with Gasteiger partial charge in [-0.05, 0) is 5.53 Å². The van der Waals surface area contributed by atoms with Crippen LogP contribution < -0.4 is 5.32 Å². The molecule has 5 atom stereocenters. The van der Waals surface area contributed by atoms with Gasteiger partial charge in [0.2, 0.25) is 12.2 Å². The molecule has 0 aliphatic carbocycles. The first kappa shape index (κ1) is 24.7. The van der Waals surface area contributed by atoms with Crippen LogP contribution in [0.2, 0.25) is 0 Å². The van der Waals surface area contributed by atoms with Gasteiger partial charge in [0, 0.05) is 32.6 Å². The van der Waals surface area contributed by atoms with Gasteiger partial charge in [0.1, 0.15) is 25.3 Å². The maximum absolute atomic E-state index is 12.1. The van der Waals surface area contributed by atoms with Crippen molar-refractivity contribution in [3.63, 3.8) is 0 Å². The molecule has 1 fully saturated rings. The minimum atomic E-state index is -1.51. The van der Waals surface area contributed by atoms with E-state index < -0.39 is 73.6 Å². The number of rotatable bonds is 8. The summed E-state index contributed by atoms with van der Waals surface area (Å²) in [6, 6.07) is -1.34. The first-order valence-electron chi connectivity index (χ1n) is 8.65. The summed E-state index contributed by atoms with van der Waals surface area (Å²) in [7, 11) is 0. The molecule has 0 aromatic carbocycles. The monoisotopic (exact) mass is 430 g/mol. The number of carbonyl (C=O) groups excluding carboxylic acids is 5. The van der Waals surface area contributed by atoms with E-state index in [4.69, 9.17) is 29.2 Å². The molecular weight excluding hydrogens is 408 g/mol. The lowest BCUT2D eigenvalue weighted by molar-refractivity contribution is -0.271. The molecule has 0 saturated carbocycles. The van der Waals surface area contributed by atoms with Gasteiger partial charge in [-0.2, -0.15) is 0 Å². The summed E-state index contributed by atoms with van der Waals surface area (Å²) in [4.78, 5) is 60.5. The molecule has 0 spiro atoms. The number of nitrogens with zero attached hydrogens (tertiary/aromatic N) is 3. The predicted octanol–water partition coefficient (Wildman–Crippen LogP) is -0.504. The fraction of sp³-hybridized carbons (Fsp3) is 0.688. The number of ether oxygens (including phenoxy) is 5. The zero-order valence-corrected chi connectivity index (χ0v) is 16.7. The van der Waals surface area contributed by atoms with E-state index in [1.54, 1.807) is 0 Å². The lowest BCUT2D eigenvalue weighted by atomic mass is 9.96. The second-order valence-electron chi connectivity index (χ2n) is 6.09. The number of amides is 1. The summed E-state index contributed by atoms with van der Waals surface area (Å²) in [5.41, 5.74) is 8.36. The second-order valence-corrected chi connectivity index (χ2v) is 6.09. The van der Waals surface area contributed by atoms with Gasteiger partial charge in [-0.3, -0.25) is 24.0 Å². The van der Waals surface area contributed by atoms with Crippen LogP contribution in [0.1, 0.15) is 27.7 Å². The third kappa shape index (κ3) is 7.93. The largest absolute Gasteiger partial charge is 0.463 e. The molecule has 14 heteroatoms. The van der Waals surface area contributed by atoms with E-state index in [0.29, 0.717) is 0 Å². The van der Waals surface area contributed by atoms with E-state index in [9.17, 15) is 24.0 Å². The van der Waals surface area contributed by atoms with Crippen molar-refractivity contribution in [3.8, 4) is 0 Å². The Kier molecular flexibility index (Phi) is 9.52. The summed E-state index contributed by atoms with van der Waals surface area (Å²) in [5, 5.41) is 5.48. The summed E-state index contributed by atoms with van der Waals surface area (Å²) < 4.78 is 25.9. The average Bonchev–Trinajstić information content (AvgIpc) is 2.62. The summed E-state index contributed by atoms with van der Waals surface area (Å²) in [6.07, 6.45) is -5.42. The standard InChI is InChI=1S/C16H22N4O10/c1-7(21)26-6-11-14(27-8(2)22)15(28-9(3)23)13(16(30-11)29-10(4)24)19-12(25)5-18-20-17/h11,13-16H,5-6H2,1-4H3,(H,19,25)/t11?,13?,14-,15-,16?/m1/s1. The Morgan fingerprint density at radius 1 is 0.933 bits per heavy atom. The third-order valence-electron chi connectivity index (χ3n) is 3.59. The highest BCUT2D eigenvalue weighted by Gasteiger charge is 2.52. The fourth-order valence-electron chi connectivity index (χ4n) is 2.65. The Morgan fingerprint density at radius 2 is 1.50 bits per heavy atom. The van der Waals surface area contributed by atoms with Crippen LogP contribution in [0.5, 0.6) is 0 Å². The fourth-order valence-corrected chi connectivity index (χ4v) is 2.65. The minimum Gasteiger partial charge on any atom is -0.463 e. The Bertz CT molecular complexity index is 736. The van der Waals surface area contributed by atoms with Crippen molar-refractivity contribution in [3.05, 3.63) is 10.4 Å². The van der Waals surface area contributed by atoms with E-state index >= 15 is 0 Å². The topological polar surface area (TPSA) is 192 Å². The maximum atomic E-state index is 12.1. The lowest BCUT2D eigenvalue weighted by Crippen LogP contribution is -2.67. The van der Waals surface area contributed by atoms with Crippen LogP contribution in [0, 0.1) is 0 Å². The molecule has 166 valence electrons. The number of hydrogen-bond donors (Lipinski definition) is 1. The van der Waals surface area contributed by atoms with Crippen molar-refractivity contribution in [2.75, 3.05) is 13.2 Å². The Balaban J connectivity index is 3.33. The Hall–Kier alpha value is -3.38. The van der Waals surface area contributed by atoms with Crippen molar-refractivity contribution in [1.29, 1.82) is 0 Å². The van der Waals surface area contributed by atoms with Gasteiger partial charge in [-0.15, -0.1) is 0 Å². The van der Waals surface area contributed by atoms with E-state index in [1.807, 2.05) is 0 Å². The van der Waals surface area contributed by atoms with Crippen LogP contribution >= 0.6 is 0 Å². The molecule has 30 heavy (non-hydrogen) atoms. The van der Waals surface area contributed by atoms with Crippen molar-refractivity contribution < 1.29 is 47.7 Å². The van der Waals surface area contributed by atoms with Crippen LogP contribution in [0.25, 0.3) is 10.4 Å². The molecule has 0 aromatic rings. The van der Waals surface area contributed by atoms with Crippen LogP contribution in [0.3, 0.4) is 0 Å². The maximum Gasteiger partial charge on any atom is 0.305 e. The minimum absolute atomic E-state index is 0.428. The van der Waals surface area contributed by atoms with E-state index in [-0.39, 0.29) is 0 Å². The number of azide groups is 1. The third-order valence-corrected chi connectivity index (χ3v) is 3.59. The highest BCUT2D eigenvalue weighted by atomic mass is 16.7. The number of esters is 4. The molecule has 0 radical (unpaired) electrons. The molecule has 1 aliphatic rings. The van der Waals surface area contributed by atoms with Gasteiger partial charge in [0.15, 0.2) is 12.2 Å². The first-order chi connectivity index (χ1) is 14.0. The summed E-state index contributed by atoms with van der Waals surface area (Å²) >= 11 is 0. The van der Waals surface area contributed by atoms with E-state index in [2.05, 4.69) is 15.3 Å². The number of carbonyl (C=O) groups is 5. The normalized spacial score (nSPS) is 25.1. The van der Waals surface area contributed by atoms with Crippen LogP contribution in [-0.2, 0) is 47.7 Å². The van der Waals surface area contributed by atoms with Gasteiger partial charge >= 0.3 is 23.9 Å². The van der Waals surface area contributed by atoms with Crippen molar-refractivity contribution in [1.82, 2.24) is 5.32 Å². The Morgan fingerprint density at radius 3 is 2.00 bits per heavy atom. The molecule has 14 nitrogen and oxygen atoms in total. The number of nitrogens with one attached hydrogen (secondary N) is 1. The van der Waals surface area contributed by atoms with Crippen molar-refractivity contribution >= 4 is 29.8 Å². The van der Waals surface area contributed by atoms with Crippen molar-refractivity contribution in [2.45, 2.75) is 58.3 Å². The Labute approximate surface area is 170 Å². The predicted molar refractivity (Wildman–Crippen MR) is 94.1 cm³/mol. The quantitative estimate of drug-likeness (QED) is 0.172. The van der Waals surface area contributed by atoms with Gasteiger partial charge in [0.25, 0.3) is 0 Å². The second kappa shape index (κ2) is 11.6. The first-order valence-corrected chi connectivity index (χ1v) is 8.65. The molecule has 1 rings (SSSR count). The molecule has 1 heterocycles. The SMILES string of the molecule is CC(=O)OCC1OC(OC(C)=O)C(NC(=O)CN=[N+]=[N-])[C@@H](OC(C)=O)[C@@H]1OC(C)=O. The van der Waals surface area contributed by atoms with Gasteiger partial charge < -0.3 is 29.0 Å². The molecule has 3 unspecified atom stereocenters. The summed E-state index contributed by atoms with van der Waals surface area (Å²) in [6.45, 7) is 3.32. The van der Waals surface area contributed by atoms with Crippen LogP contribution in [-0.4, -0.2) is 73.6 Å². The highest BCUT2D eigenvalue weighted by Crippen LogP contribution is 2.28. The number of hydrogen-bond acceptors (Lipinski definition) is 11. The van der Waals surface area contributed by atoms with E-state index in [1.165, 1.54) is 0 Å². The lowest BCUT2D eigenvalue weighted by Gasteiger charge is -2.44. The molecule has 1 aliphatic heterocycles. The average molecular weight is 430 g/mol. The van der Waals surface area contributed by atoms with Gasteiger partial charge in [-0.1, -0.05) is 5.11 Å². The molecule has 1 amide bonds. The summed E-state index contributed by atoms with van der Waals surface area (Å²) in [5.74, 6) is -3.86. The van der Waals surface area contributed by atoms with Gasteiger partial charge in [-0.25, -0.2) is 0 Å². The molecule has 1 N–H and O–H groups in total.